The first kappa shape index (κ1) is 29.4. The lowest BCUT2D eigenvalue weighted by atomic mass is 10.0. The number of benzene rings is 3. The van der Waals surface area contributed by atoms with Gasteiger partial charge in [0.05, 0.1) is 5.75 Å². The summed E-state index contributed by atoms with van der Waals surface area (Å²) in [6.07, 6.45) is 0.399. The van der Waals surface area contributed by atoms with Crippen LogP contribution in [0.3, 0.4) is 0 Å². The first-order chi connectivity index (χ1) is 17.5. The van der Waals surface area contributed by atoms with Gasteiger partial charge in [-0.15, -0.1) is 11.8 Å². The zero-order valence-electron chi connectivity index (χ0n) is 21.1. The van der Waals surface area contributed by atoms with Crippen molar-refractivity contribution in [2.45, 2.75) is 51.1 Å². The second-order valence-corrected chi connectivity index (χ2v) is 12.1. The number of rotatable bonds is 10. The standard InChI is InChI=1S/C29H31Cl3N2O2S/c1-29(2,3)33-28(36)26(15-20-7-5-4-6-8-20)34(17-21-9-12-23(30)13-10-21)27(35)19-37-18-22-11-14-24(31)16-25(22)32/h4-14,16,26H,15,17-19H2,1-3H3,(H,33,36). The number of carbonyl (C=O) groups is 2. The van der Waals surface area contributed by atoms with E-state index in [0.717, 1.165) is 16.7 Å². The summed E-state index contributed by atoms with van der Waals surface area (Å²) in [6, 6.07) is 21.7. The molecule has 0 aliphatic heterocycles. The molecule has 0 aromatic heterocycles. The lowest BCUT2D eigenvalue weighted by Crippen LogP contribution is -2.54. The van der Waals surface area contributed by atoms with Gasteiger partial charge in [-0.25, -0.2) is 0 Å². The predicted molar refractivity (Wildman–Crippen MR) is 156 cm³/mol. The summed E-state index contributed by atoms with van der Waals surface area (Å²) in [5.41, 5.74) is 2.33. The Bertz CT molecular complexity index is 1200. The molecule has 0 fully saturated rings. The molecule has 0 radical (unpaired) electrons. The van der Waals surface area contributed by atoms with E-state index >= 15 is 0 Å². The molecule has 0 saturated carbocycles. The van der Waals surface area contributed by atoms with Gasteiger partial charge in [-0.1, -0.05) is 83.3 Å². The molecule has 3 rings (SSSR count). The van der Waals surface area contributed by atoms with E-state index in [2.05, 4.69) is 5.32 Å². The number of nitrogens with one attached hydrogen (secondary N) is 1. The van der Waals surface area contributed by atoms with Crippen LogP contribution >= 0.6 is 46.6 Å². The number of thioether (sulfide) groups is 1. The van der Waals surface area contributed by atoms with Gasteiger partial charge in [-0.3, -0.25) is 9.59 Å². The molecule has 1 atom stereocenters. The van der Waals surface area contributed by atoms with Gasteiger partial charge >= 0.3 is 0 Å². The summed E-state index contributed by atoms with van der Waals surface area (Å²) < 4.78 is 0. The zero-order valence-corrected chi connectivity index (χ0v) is 24.2. The molecule has 37 heavy (non-hydrogen) atoms. The van der Waals surface area contributed by atoms with E-state index < -0.39 is 11.6 Å². The Morgan fingerprint density at radius 2 is 1.54 bits per heavy atom. The Morgan fingerprint density at radius 1 is 0.892 bits per heavy atom. The number of carbonyl (C=O) groups excluding carboxylic acids is 2. The molecule has 0 saturated heterocycles. The number of amides is 2. The third-order valence-electron chi connectivity index (χ3n) is 5.53. The molecule has 0 aliphatic rings. The Morgan fingerprint density at radius 3 is 2.16 bits per heavy atom. The van der Waals surface area contributed by atoms with Crippen LogP contribution in [0.25, 0.3) is 0 Å². The molecular weight excluding hydrogens is 547 g/mol. The minimum atomic E-state index is -0.690. The summed E-state index contributed by atoms with van der Waals surface area (Å²) in [5.74, 6) is 0.425. The van der Waals surface area contributed by atoms with E-state index in [1.807, 2.05) is 69.3 Å². The molecule has 3 aromatic rings. The molecule has 4 nitrogen and oxygen atoms in total. The van der Waals surface area contributed by atoms with Gasteiger partial charge in [0.15, 0.2) is 0 Å². The highest BCUT2D eigenvalue weighted by molar-refractivity contribution is 7.99. The molecule has 0 spiro atoms. The highest BCUT2D eigenvalue weighted by atomic mass is 35.5. The highest BCUT2D eigenvalue weighted by Crippen LogP contribution is 2.25. The average Bonchev–Trinajstić information content (AvgIpc) is 2.83. The molecule has 196 valence electrons. The Labute approximate surface area is 238 Å². The van der Waals surface area contributed by atoms with Gasteiger partial charge in [0, 0.05) is 39.3 Å². The fourth-order valence-corrected chi connectivity index (χ4v) is 5.36. The second-order valence-electron chi connectivity index (χ2n) is 9.82. The van der Waals surface area contributed by atoms with Crippen molar-refractivity contribution in [1.82, 2.24) is 10.2 Å². The molecule has 1 N–H and O–H groups in total. The summed E-state index contributed by atoms with van der Waals surface area (Å²) in [7, 11) is 0. The first-order valence-corrected chi connectivity index (χ1v) is 14.2. The predicted octanol–water partition coefficient (Wildman–Crippen LogP) is 7.43. The Balaban J connectivity index is 1.87. The molecule has 2 amide bonds. The molecule has 8 heteroatoms. The summed E-state index contributed by atoms with van der Waals surface area (Å²) in [4.78, 5) is 28.9. The lowest BCUT2D eigenvalue weighted by molar-refractivity contribution is -0.140. The van der Waals surface area contributed by atoms with Crippen molar-refractivity contribution in [2.24, 2.45) is 0 Å². The van der Waals surface area contributed by atoms with E-state index in [-0.39, 0.29) is 24.1 Å². The maximum Gasteiger partial charge on any atom is 0.243 e. The van der Waals surface area contributed by atoms with Gasteiger partial charge in [-0.2, -0.15) is 0 Å². The maximum atomic E-state index is 13.7. The van der Waals surface area contributed by atoms with Crippen molar-refractivity contribution in [1.29, 1.82) is 0 Å². The van der Waals surface area contributed by atoms with Crippen LogP contribution in [0.5, 0.6) is 0 Å². The Hall–Kier alpha value is -2.18. The monoisotopic (exact) mass is 576 g/mol. The fraction of sp³-hybridized carbons (Fsp3) is 0.310. The molecule has 0 heterocycles. The van der Waals surface area contributed by atoms with Gasteiger partial charge < -0.3 is 10.2 Å². The normalized spacial score (nSPS) is 12.2. The highest BCUT2D eigenvalue weighted by Gasteiger charge is 2.32. The third-order valence-corrected chi connectivity index (χ3v) is 7.34. The largest absolute Gasteiger partial charge is 0.350 e. The average molecular weight is 578 g/mol. The maximum absolute atomic E-state index is 13.7. The van der Waals surface area contributed by atoms with Crippen molar-refractivity contribution in [3.05, 3.63) is 105 Å². The van der Waals surface area contributed by atoms with Crippen LogP contribution in [0, 0.1) is 0 Å². The van der Waals surface area contributed by atoms with Crippen molar-refractivity contribution in [3.63, 3.8) is 0 Å². The SMILES string of the molecule is CC(C)(C)NC(=O)C(Cc1ccccc1)N(Cc1ccc(Cl)cc1)C(=O)CSCc1ccc(Cl)cc1Cl. The minimum Gasteiger partial charge on any atom is -0.350 e. The number of hydrogen-bond acceptors (Lipinski definition) is 3. The summed E-state index contributed by atoms with van der Waals surface area (Å²) >= 11 is 19.9. The second kappa shape index (κ2) is 13.6. The third kappa shape index (κ3) is 9.57. The van der Waals surface area contributed by atoms with Crippen molar-refractivity contribution in [3.8, 4) is 0 Å². The topological polar surface area (TPSA) is 49.4 Å². The number of nitrogens with zero attached hydrogens (tertiary/aromatic N) is 1. The van der Waals surface area contributed by atoms with Crippen LogP contribution in [-0.2, 0) is 28.3 Å². The lowest BCUT2D eigenvalue weighted by Gasteiger charge is -2.34. The van der Waals surface area contributed by atoms with E-state index in [1.54, 1.807) is 29.2 Å². The Kier molecular flexibility index (Phi) is 10.8. The van der Waals surface area contributed by atoms with Gasteiger partial charge in [-0.05, 0) is 61.7 Å². The van der Waals surface area contributed by atoms with Crippen LogP contribution in [0.15, 0.2) is 72.8 Å². The van der Waals surface area contributed by atoms with Crippen LogP contribution in [-0.4, -0.2) is 34.0 Å². The molecular formula is C29H31Cl3N2O2S. The summed E-state index contributed by atoms with van der Waals surface area (Å²) in [6.45, 7) is 6.08. The van der Waals surface area contributed by atoms with Gasteiger partial charge in [0.1, 0.15) is 6.04 Å². The van der Waals surface area contributed by atoms with Crippen molar-refractivity contribution >= 4 is 58.4 Å². The molecule has 0 aliphatic carbocycles. The van der Waals surface area contributed by atoms with Gasteiger partial charge in [0.2, 0.25) is 11.8 Å². The van der Waals surface area contributed by atoms with Crippen LogP contribution in [0.1, 0.15) is 37.5 Å². The quantitative estimate of drug-likeness (QED) is 0.272. The van der Waals surface area contributed by atoms with Gasteiger partial charge in [0.25, 0.3) is 0 Å². The van der Waals surface area contributed by atoms with E-state index in [9.17, 15) is 9.59 Å². The number of hydrogen-bond donors (Lipinski definition) is 1. The summed E-state index contributed by atoms with van der Waals surface area (Å²) in [5, 5.41) is 4.82. The van der Waals surface area contributed by atoms with Crippen molar-refractivity contribution in [2.75, 3.05) is 5.75 Å². The fourth-order valence-electron chi connectivity index (χ4n) is 3.76. The van der Waals surface area contributed by atoms with Crippen LogP contribution < -0.4 is 5.32 Å². The molecule has 1 unspecified atom stereocenters. The molecule has 3 aromatic carbocycles. The zero-order chi connectivity index (χ0) is 27.0. The van der Waals surface area contributed by atoms with Crippen LogP contribution in [0.4, 0.5) is 0 Å². The van der Waals surface area contributed by atoms with E-state index in [0.29, 0.717) is 27.2 Å². The van der Waals surface area contributed by atoms with Crippen LogP contribution in [0.2, 0.25) is 15.1 Å². The minimum absolute atomic E-state index is 0.130. The van der Waals surface area contributed by atoms with E-state index in [4.69, 9.17) is 34.8 Å². The van der Waals surface area contributed by atoms with Crippen molar-refractivity contribution < 1.29 is 9.59 Å². The smallest absolute Gasteiger partial charge is 0.243 e. The molecule has 0 bridgehead atoms. The number of halogens is 3. The first-order valence-electron chi connectivity index (χ1n) is 11.9. The van der Waals surface area contributed by atoms with E-state index in [1.165, 1.54) is 11.8 Å².